The van der Waals surface area contributed by atoms with Gasteiger partial charge in [0.1, 0.15) is 11.8 Å². The van der Waals surface area contributed by atoms with Gasteiger partial charge in [-0.25, -0.2) is 0 Å². The number of halogens is 1. The Labute approximate surface area is 116 Å². The molecule has 1 aromatic carbocycles. The lowest BCUT2D eigenvalue weighted by Crippen LogP contribution is -2.41. The maximum atomic E-state index is 11.8. The van der Waals surface area contributed by atoms with Gasteiger partial charge in [-0.1, -0.05) is 17.7 Å². The molecule has 19 heavy (non-hydrogen) atoms. The van der Waals surface area contributed by atoms with E-state index in [0.717, 1.165) is 5.56 Å². The fourth-order valence-corrected chi connectivity index (χ4v) is 2.14. The highest BCUT2D eigenvalue weighted by molar-refractivity contribution is 6.30. The van der Waals surface area contributed by atoms with Crippen molar-refractivity contribution in [2.45, 2.75) is 25.4 Å². The van der Waals surface area contributed by atoms with Gasteiger partial charge in [0.2, 0.25) is 11.8 Å². The van der Waals surface area contributed by atoms with Gasteiger partial charge in [-0.2, -0.15) is 0 Å². The Balaban J connectivity index is 1.95. The minimum Gasteiger partial charge on any atom is -0.496 e. The number of carbonyl (C=O) groups excluding carboxylic acids is 2. The molecule has 1 fully saturated rings. The summed E-state index contributed by atoms with van der Waals surface area (Å²) in [7, 11) is 1.55. The molecular formula is C13H15ClN2O3. The SMILES string of the molecule is COc1cc(Cl)ccc1CNC(=O)[C@@H]1CCC(=O)N1. The number of hydrogen-bond acceptors (Lipinski definition) is 3. The zero-order valence-electron chi connectivity index (χ0n) is 10.5. The number of carbonyl (C=O) groups is 2. The molecule has 0 radical (unpaired) electrons. The van der Waals surface area contributed by atoms with Gasteiger partial charge in [-0.05, 0) is 18.6 Å². The van der Waals surface area contributed by atoms with Gasteiger partial charge in [-0.3, -0.25) is 9.59 Å². The fourth-order valence-electron chi connectivity index (χ4n) is 1.98. The summed E-state index contributed by atoms with van der Waals surface area (Å²) in [6.45, 7) is 0.339. The molecule has 1 aromatic rings. The Morgan fingerprint density at radius 1 is 1.58 bits per heavy atom. The summed E-state index contributed by atoms with van der Waals surface area (Å²) >= 11 is 5.86. The van der Waals surface area contributed by atoms with Crippen molar-refractivity contribution < 1.29 is 14.3 Å². The molecule has 5 nitrogen and oxygen atoms in total. The van der Waals surface area contributed by atoms with E-state index in [1.807, 2.05) is 0 Å². The average Bonchev–Trinajstić information content (AvgIpc) is 2.83. The summed E-state index contributed by atoms with van der Waals surface area (Å²) in [6, 6.07) is 4.81. The molecule has 0 bridgehead atoms. The van der Waals surface area contributed by atoms with Crippen LogP contribution in [0.25, 0.3) is 0 Å². The standard InChI is InChI=1S/C13H15ClN2O3/c1-19-11-6-9(14)3-2-8(11)7-15-13(18)10-4-5-12(17)16-10/h2-3,6,10H,4-5,7H2,1H3,(H,15,18)(H,16,17)/t10-/m0/s1. The molecule has 1 heterocycles. The highest BCUT2D eigenvalue weighted by atomic mass is 35.5. The summed E-state index contributed by atoms with van der Waals surface area (Å²) in [5.41, 5.74) is 0.838. The van der Waals surface area contributed by atoms with Crippen LogP contribution in [0.15, 0.2) is 18.2 Å². The maximum Gasteiger partial charge on any atom is 0.242 e. The lowest BCUT2D eigenvalue weighted by molar-refractivity contribution is -0.125. The summed E-state index contributed by atoms with van der Waals surface area (Å²) < 4.78 is 5.20. The third-order valence-electron chi connectivity index (χ3n) is 3.01. The van der Waals surface area contributed by atoms with Crippen LogP contribution in [0.3, 0.4) is 0 Å². The molecule has 1 aliphatic rings. The van der Waals surface area contributed by atoms with E-state index >= 15 is 0 Å². The normalized spacial score (nSPS) is 18.0. The van der Waals surface area contributed by atoms with Crippen molar-refractivity contribution in [3.63, 3.8) is 0 Å². The third-order valence-corrected chi connectivity index (χ3v) is 3.25. The summed E-state index contributed by atoms with van der Waals surface area (Å²) in [5, 5.41) is 5.98. The Morgan fingerprint density at radius 2 is 2.37 bits per heavy atom. The first-order valence-corrected chi connectivity index (χ1v) is 6.37. The lowest BCUT2D eigenvalue weighted by Gasteiger charge is -2.13. The topological polar surface area (TPSA) is 67.4 Å². The smallest absolute Gasteiger partial charge is 0.242 e. The minimum absolute atomic E-state index is 0.0794. The van der Waals surface area contributed by atoms with Crippen LogP contribution in [0, 0.1) is 0 Å². The van der Waals surface area contributed by atoms with E-state index in [4.69, 9.17) is 16.3 Å². The number of ether oxygens (including phenoxy) is 1. The predicted octanol–water partition coefficient (Wildman–Crippen LogP) is 1.24. The summed E-state index contributed by atoms with van der Waals surface area (Å²) in [4.78, 5) is 22.9. The quantitative estimate of drug-likeness (QED) is 0.873. The molecule has 102 valence electrons. The van der Waals surface area contributed by atoms with Crippen LogP contribution in [-0.4, -0.2) is 25.0 Å². The van der Waals surface area contributed by atoms with Crippen molar-refractivity contribution in [1.29, 1.82) is 0 Å². The van der Waals surface area contributed by atoms with Crippen LogP contribution < -0.4 is 15.4 Å². The second-order valence-electron chi connectivity index (χ2n) is 4.33. The van der Waals surface area contributed by atoms with Crippen molar-refractivity contribution >= 4 is 23.4 Å². The number of benzene rings is 1. The van der Waals surface area contributed by atoms with Crippen molar-refractivity contribution in [1.82, 2.24) is 10.6 Å². The van der Waals surface area contributed by atoms with E-state index in [-0.39, 0.29) is 11.8 Å². The molecule has 0 saturated carbocycles. The van der Waals surface area contributed by atoms with Gasteiger partial charge >= 0.3 is 0 Å². The Hall–Kier alpha value is -1.75. The van der Waals surface area contributed by atoms with Crippen molar-refractivity contribution in [3.05, 3.63) is 28.8 Å². The average molecular weight is 283 g/mol. The number of methoxy groups -OCH3 is 1. The largest absolute Gasteiger partial charge is 0.496 e. The zero-order chi connectivity index (χ0) is 13.8. The van der Waals surface area contributed by atoms with E-state index < -0.39 is 6.04 Å². The van der Waals surface area contributed by atoms with Crippen LogP contribution >= 0.6 is 11.6 Å². The van der Waals surface area contributed by atoms with Crippen LogP contribution in [0.1, 0.15) is 18.4 Å². The Morgan fingerprint density at radius 3 is 3.00 bits per heavy atom. The molecular weight excluding hydrogens is 268 g/mol. The van der Waals surface area contributed by atoms with E-state index in [9.17, 15) is 9.59 Å². The van der Waals surface area contributed by atoms with E-state index in [2.05, 4.69) is 10.6 Å². The van der Waals surface area contributed by atoms with Crippen LogP contribution in [0.4, 0.5) is 0 Å². The molecule has 1 aliphatic heterocycles. The lowest BCUT2D eigenvalue weighted by atomic mass is 10.1. The molecule has 2 rings (SSSR count). The third kappa shape index (κ3) is 3.38. The molecule has 1 saturated heterocycles. The van der Waals surface area contributed by atoms with Gasteiger partial charge in [0, 0.05) is 23.6 Å². The molecule has 2 N–H and O–H groups in total. The molecule has 6 heteroatoms. The molecule has 2 amide bonds. The first kappa shape index (κ1) is 13.7. The van der Waals surface area contributed by atoms with Crippen LogP contribution in [0.2, 0.25) is 5.02 Å². The molecule has 0 spiro atoms. The fraction of sp³-hybridized carbons (Fsp3) is 0.385. The number of rotatable bonds is 4. The van der Waals surface area contributed by atoms with E-state index in [0.29, 0.717) is 30.2 Å². The number of amides is 2. The van der Waals surface area contributed by atoms with Crippen LogP contribution in [-0.2, 0) is 16.1 Å². The highest BCUT2D eigenvalue weighted by Crippen LogP contribution is 2.23. The second-order valence-corrected chi connectivity index (χ2v) is 4.77. The van der Waals surface area contributed by atoms with Crippen molar-refractivity contribution in [2.75, 3.05) is 7.11 Å². The van der Waals surface area contributed by atoms with Gasteiger partial charge in [-0.15, -0.1) is 0 Å². The van der Waals surface area contributed by atoms with Gasteiger partial charge in [0.15, 0.2) is 0 Å². The number of hydrogen-bond donors (Lipinski definition) is 2. The second kappa shape index (κ2) is 5.93. The Kier molecular flexibility index (Phi) is 4.27. The van der Waals surface area contributed by atoms with E-state index in [1.165, 1.54) is 0 Å². The Bertz CT molecular complexity index is 505. The van der Waals surface area contributed by atoms with Gasteiger partial charge in [0.05, 0.1) is 7.11 Å². The highest BCUT2D eigenvalue weighted by Gasteiger charge is 2.26. The molecule has 1 atom stereocenters. The summed E-state index contributed by atoms with van der Waals surface area (Å²) in [5.74, 6) is 0.371. The first-order valence-electron chi connectivity index (χ1n) is 5.99. The summed E-state index contributed by atoms with van der Waals surface area (Å²) in [6.07, 6.45) is 0.949. The maximum absolute atomic E-state index is 11.8. The van der Waals surface area contributed by atoms with Gasteiger partial charge < -0.3 is 15.4 Å². The van der Waals surface area contributed by atoms with E-state index in [1.54, 1.807) is 25.3 Å². The van der Waals surface area contributed by atoms with Crippen molar-refractivity contribution in [3.8, 4) is 5.75 Å². The minimum atomic E-state index is -0.425. The zero-order valence-corrected chi connectivity index (χ0v) is 11.3. The van der Waals surface area contributed by atoms with Crippen LogP contribution in [0.5, 0.6) is 5.75 Å². The monoisotopic (exact) mass is 282 g/mol. The first-order chi connectivity index (χ1) is 9.10. The molecule has 0 aromatic heterocycles. The molecule has 0 unspecified atom stereocenters. The molecule has 0 aliphatic carbocycles. The van der Waals surface area contributed by atoms with Crippen molar-refractivity contribution in [2.24, 2.45) is 0 Å². The number of nitrogens with one attached hydrogen (secondary N) is 2. The van der Waals surface area contributed by atoms with Gasteiger partial charge in [0.25, 0.3) is 0 Å². The predicted molar refractivity (Wildman–Crippen MR) is 71.0 cm³/mol.